The lowest BCUT2D eigenvalue weighted by Crippen LogP contribution is -2.48. The molecule has 1 aromatic heterocycles. The summed E-state index contributed by atoms with van der Waals surface area (Å²) in [5.41, 5.74) is 1.62. The Morgan fingerprint density at radius 2 is 1.64 bits per heavy atom. The van der Waals surface area contributed by atoms with Crippen molar-refractivity contribution in [2.24, 2.45) is 0 Å². The van der Waals surface area contributed by atoms with Crippen LogP contribution < -0.4 is 14.2 Å². The van der Waals surface area contributed by atoms with Gasteiger partial charge in [0.05, 0.1) is 27.9 Å². The molecule has 1 aliphatic rings. The second-order valence-corrected chi connectivity index (χ2v) is 10.8. The minimum absolute atomic E-state index is 0.0451. The predicted octanol–water partition coefficient (Wildman–Crippen LogP) is 5.82. The molecule has 3 aromatic rings. The van der Waals surface area contributed by atoms with Gasteiger partial charge in [0.15, 0.2) is 11.5 Å². The van der Waals surface area contributed by atoms with E-state index in [1.54, 1.807) is 61.8 Å². The van der Waals surface area contributed by atoms with Crippen molar-refractivity contribution < 1.29 is 23.8 Å². The number of carbonyl (C=O) groups excluding carboxylic acids is 2. The first-order valence-corrected chi connectivity index (χ1v) is 14.4. The first-order valence-electron chi connectivity index (χ1n) is 13.5. The highest BCUT2D eigenvalue weighted by Gasteiger charge is 2.30. The SMILES string of the molecule is COc1ccc(C(=O)N(CC(=O)N(CCc2ccc(OC)c(OC)c2)Cc2cccs2)C2CCCCC2)cc1. The van der Waals surface area contributed by atoms with Gasteiger partial charge >= 0.3 is 0 Å². The number of ether oxygens (including phenoxy) is 3. The third kappa shape index (κ3) is 7.53. The fraction of sp³-hybridized carbons (Fsp3) is 0.419. The van der Waals surface area contributed by atoms with Gasteiger partial charge in [-0.25, -0.2) is 0 Å². The lowest BCUT2D eigenvalue weighted by molar-refractivity contribution is -0.133. The van der Waals surface area contributed by atoms with E-state index in [0.29, 0.717) is 42.3 Å². The Balaban J connectivity index is 1.53. The molecule has 1 saturated carbocycles. The van der Waals surface area contributed by atoms with Crippen LogP contribution in [0.3, 0.4) is 0 Å². The van der Waals surface area contributed by atoms with E-state index in [0.717, 1.165) is 36.1 Å². The molecule has 2 aromatic carbocycles. The Hall–Kier alpha value is -3.52. The number of hydrogen-bond acceptors (Lipinski definition) is 6. The number of rotatable bonds is 12. The topological polar surface area (TPSA) is 68.3 Å². The predicted molar refractivity (Wildman–Crippen MR) is 154 cm³/mol. The smallest absolute Gasteiger partial charge is 0.254 e. The third-order valence-corrected chi connectivity index (χ3v) is 8.18. The molecule has 0 bridgehead atoms. The van der Waals surface area contributed by atoms with Crippen molar-refractivity contribution in [3.63, 3.8) is 0 Å². The molecule has 208 valence electrons. The molecule has 0 unspecified atom stereocenters. The summed E-state index contributed by atoms with van der Waals surface area (Å²) in [6.07, 6.45) is 5.82. The highest BCUT2D eigenvalue weighted by molar-refractivity contribution is 7.09. The average Bonchev–Trinajstić information content (AvgIpc) is 3.51. The summed E-state index contributed by atoms with van der Waals surface area (Å²) >= 11 is 1.63. The van der Waals surface area contributed by atoms with Crippen LogP contribution in [-0.2, 0) is 17.8 Å². The molecule has 4 rings (SSSR count). The molecule has 0 N–H and O–H groups in total. The van der Waals surface area contributed by atoms with E-state index >= 15 is 0 Å². The van der Waals surface area contributed by atoms with Crippen LogP contribution in [0, 0.1) is 0 Å². The number of hydrogen-bond donors (Lipinski definition) is 0. The first kappa shape index (κ1) is 28.5. The molecule has 1 heterocycles. The minimum atomic E-state index is -0.103. The fourth-order valence-corrected chi connectivity index (χ4v) is 5.81. The lowest BCUT2D eigenvalue weighted by Gasteiger charge is -2.35. The number of thiophene rings is 1. The van der Waals surface area contributed by atoms with E-state index in [-0.39, 0.29) is 24.4 Å². The van der Waals surface area contributed by atoms with Crippen molar-refractivity contribution in [1.82, 2.24) is 9.80 Å². The standard InChI is InChI=1S/C31H38N2O5S/c1-36-26-14-12-24(13-15-26)31(35)33(25-8-5-4-6-9-25)22-30(34)32(21-27-10-7-19-39-27)18-17-23-11-16-28(37-2)29(20-23)38-3/h7,10-16,19-20,25H,4-6,8-9,17-18,21-22H2,1-3H3. The van der Waals surface area contributed by atoms with E-state index in [2.05, 4.69) is 0 Å². The van der Waals surface area contributed by atoms with Crippen LogP contribution in [0.4, 0.5) is 0 Å². The van der Waals surface area contributed by atoms with Crippen LogP contribution in [0.2, 0.25) is 0 Å². The summed E-state index contributed by atoms with van der Waals surface area (Å²) in [4.78, 5) is 32.4. The molecule has 0 atom stereocenters. The molecule has 39 heavy (non-hydrogen) atoms. The van der Waals surface area contributed by atoms with Gasteiger partial charge in [0, 0.05) is 23.0 Å². The summed E-state index contributed by atoms with van der Waals surface area (Å²) in [7, 11) is 4.84. The Bertz CT molecular complexity index is 1210. The monoisotopic (exact) mass is 550 g/mol. The van der Waals surface area contributed by atoms with Gasteiger partial charge in [0.2, 0.25) is 5.91 Å². The average molecular weight is 551 g/mol. The number of benzene rings is 2. The Labute approximate surface area is 235 Å². The van der Waals surface area contributed by atoms with E-state index in [1.807, 2.05) is 40.6 Å². The Morgan fingerprint density at radius 1 is 0.897 bits per heavy atom. The van der Waals surface area contributed by atoms with E-state index in [9.17, 15) is 9.59 Å². The maximum absolute atomic E-state index is 13.9. The number of nitrogens with zero attached hydrogens (tertiary/aromatic N) is 2. The van der Waals surface area contributed by atoms with Crippen molar-refractivity contribution in [3.05, 3.63) is 76.0 Å². The van der Waals surface area contributed by atoms with Gasteiger partial charge in [0.1, 0.15) is 12.3 Å². The Morgan fingerprint density at radius 3 is 2.28 bits per heavy atom. The van der Waals surface area contributed by atoms with Crippen LogP contribution in [0.5, 0.6) is 17.2 Å². The van der Waals surface area contributed by atoms with Gasteiger partial charge in [-0.1, -0.05) is 31.4 Å². The lowest BCUT2D eigenvalue weighted by atomic mass is 9.93. The summed E-state index contributed by atoms with van der Waals surface area (Å²) in [6.45, 7) is 1.10. The quantitative estimate of drug-likeness (QED) is 0.284. The van der Waals surface area contributed by atoms with Crippen LogP contribution in [0.1, 0.15) is 52.9 Å². The number of carbonyl (C=O) groups is 2. The van der Waals surface area contributed by atoms with Gasteiger partial charge in [-0.2, -0.15) is 0 Å². The first-order chi connectivity index (χ1) is 19.0. The molecule has 7 nitrogen and oxygen atoms in total. The maximum Gasteiger partial charge on any atom is 0.254 e. The van der Waals surface area contributed by atoms with Crippen molar-refractivity contribution in [1.29, 1.82) is 0 Å². The van der Waals surface area contributed by atoms with Crippen molar-refractivity contribution in [3.8, 4) is 17.2 Å². The summed E-state index contributed by atoms with van der Waals surface area (Å²) in [5, 5.41) is 2.02. The van der Waals surface area contributed by atoms with Crippen molar-refractivity contribution in [2.75, 3.05) is 34.4 Å². The van der Waals surface area contributed by atoms with E-state index < -0.39 is 0 Å². The van der Waals surface area contributed by atoms with Crippen molar-refractivity contribution in [2.45, 2.75) is 51.1 Å². The molecule has 0 radical (unpaired) electrons. The van der Waals surface area contributed by atoms with Crippen molar-refractivity contribution >= 4 is 23.2 Å². The third-order valence-electron chi connectivity index (χ3n) is 7.32. The normalized spacial score (nSPS) is 13.5. The number of amides is 2. The zero-order valence-electron chi connectivity index (χ0n) is 23.1. The van der Waals surface area contributed by atoms with Gasteiger partial charge in [-0.15, -0.1) is 11.3 Å². The highest BCUT2D eigenvalue weighted by Crippen LogP contribution is 2.28. The molecule has 0 aliphatic heterocycles. The van der Waals surface area contributed by atoms with Crippen LogP contribution >= 0.6 is 11.3 Å². The molecule has 0 spiro atoms. The molecular weight excluding hydrogens is 512 g/mol. The Kier molecular flexibility index (Phi) is 10.3. The molecular formula is C31H38N2O5S. The summed E-state index contributed by atoms with van der Waals surface area (Å²) in [5.74, 6) is 1.89. The van der Waals surface area contributed by atoms with E-state index in [4.69, 9.17) is 14.2 Å². The summed E-state index contributed by atoms with van der Waals surface area (Å²) in [6, 6.07) is 17.1. The minimum Gasteiger partial charge on any atom is -0.497 e. The molecule has 1 aliphatic carbocycles. The van der Waals surface area contributed by atoms with E-state index in [1.165, 1.54) is 6.42 Å². The largest absolute Gasteiger partial charge is 0.497 e. The van der Waals surface area contributed by atoms with Gasteiger partial charge in [-0.3, -0.25) is 9.59 Å². The van der Waals surface area contributed by atoms with Crippen LogP contribution in [-0.4, -0.2) is 62.1 Å². The van der Waals surface area contributed by atoms with Crippen LogP contribution in [0.15, 0.2) is 60.0 Å². The molecule has 0 saturated heterocycles. The second kappa shape index (κ2) is 14.0. The molecule has 1 fully saturated rings. The molecule has 8 heteroatoms. The number of methoxy groups -OCH3 is 3. The fourth-order valence-electron chi connectivity index (χ4n) is 5.09. The molecule has 2 amide bonds. The van der Waals surface area contributed by atoms with Gasteiger partial charge in [0.25, 0.3) is 5.91 Å². The highest BCUT2D eigenvalue weighted by atomic mass is 32.1. The van der Waals surface area contributed by atoms with Crippen LogP contribution in [0.25, 0.3) is 0 Å². The zero-order chi connectivity index (χ0) is 27.6. The van der Waals surface area contributed by atoms with Gasteiger partial charge < -0.3 is 24.0 Å². The second-order valence-electron chi connectivity index (χ2n) is 9.79. The van der Waals surface area contributed by atoms with Gasteiger partial charge in [-0.05, 0) is 72.7 Å². The zero-order valence-corrected chi connectivity index (χ0v) is 23.9. The maximum atomic E-state index is 13.9. The summed E-state index contributed by atoms with van der Waals surface area (Å²) < 4.78 is 16.1.